The summed E-state index contributed by atoms with van der Waals surface area (Å²) in [6.07, 6.45) is 0. The maximum absolute atomic E-state index is 5.85. The average molecular weight is 239 g/mol. The summed E-state index contributed by atoms with van der Waals surface area (Å²) in [6, 6.07) is 15.0. The maximum atomic E-state index is 5.85. The maximum Gasteiger partial charge on any atom is 0.0344 e. The number of aryl methyl sites for hydroxylation is 1. The Morgan fingerprint density at radius 1 is 0.833 bits per heavy atom. The van der Waals surface area contributed by atoms with Gasteiger partial charge in [-0.25, -0.2) is 0 Å². The first-order valence-corrected chi connectivity index (χ1v) is 6.35. The Balaban J connectivity index is 2.37. The largest absolute Gasteiger partial charge is 0.399 e. The van der Waals surface area contributed by atoms with Crippen molar-refractivity contribution in [1.29, 1.82) is 0 Å². The van der Waals surface area contributed by atoms with Gasteiger partial charge in [-0.15, -0.1) is 0 Å². The highest BCUT2D eigenvalue weighted by Crippen LogP contribution is 2.27. The van der Waals surface area contributed by atoms with Gasteiger partial charge in [0.05, 0.1) is 0 Å². The van der Waals surface area contributed by atoms with Gasteiger partial charge in [-0.1, -0.05) is 51.1 Å². The van der Waals surface area contributed by atoms with Crippen LogP contribution >= 0.6 is 0 Å². The predicted octanol–water partition coefficient (Wildman–Crippen LogP) is 4.54. The van der Waals surface area contributed by atoms with Gasteiger partial charge < -0.3 is 5.73 Å². The summed E-state index contributed by atoms with van der Waals surface area (Å²) in [6.45, 7) is 8.74. The van der Waals surface area contributed by atoms with Crippen molar-refractivity contribution in [3.05, 3.63) is 53.6 Å². The van der Waals surface area contributed by atoms with Crippen LogP contribution in [0.2, 0.25) is 0 Å². The van der Waals surface area contributed by atoms with E-state index in [4.69, 9.17) is 5.73 Å². The molecule has 2 aromatic carbocycles. The Bertz CT molecular complexity index is 545. The molecule has 2 aromatic rings. The predicted molar refractivity (Wildman–Crippen MR) is 79.7 cm³/mol. The van der Waals surface area contributed by atoms with Gasteiger partial charge in [0, 0.05) is 5.69 Å². The number of nitrogen functional groups attached to an aromatic ring is 1. The molecule has 0 atom stereocenters. The Labute approximate surface area is 110 Å². The van der Waals surface area contributed by atoms with Crippen LogP contribution in [0, 0.1) is 6.92 Å². The molecular weight excluding hydrogens is 218 g/mol. The van der Waals surface area contributed by atoms with E-state index in [0.717, 1.165) is 11.3 Å². The van der Waals surface area contributed by atoms with Gasteiger partial charge in [-0.2, -0.15) is 0 Å². The van der Waals surface area contributed by atoms with Crippen LogP contribution < -0.4 is 5.73 Å². The SMILES string of the molecule is Cc1cc(-c2ccc(C(C)(C)C)cc2)ccc1N. The van der Waals surface area contributed by atoms with Crippen LogP contribution in [-0.4, -0.2) is 0 Å². The quantitative estimate of drug-likeness (QED) is 0.726. The van der Waals surface area contributed by atoms with Crippen LogP contribution in [0.25, 0.3) is 11.1 Å². The summed E-state index contributed by atoms with van der Waals surface area (Å²) in [5, 5.41) is 0. The molecule has 1 nitrogen and oxygen atoms in total. The molecule has 2 rings (SSSR count). The third-order valence-corrected chi connectivity index (χ3v) is 3.35. The molecule has 94 valence electrons. The van der Waals surface area contributed by atoms with Crippen LogP contribution in [0.3, 0.4) is 0 Å². The summed E-state index contributed by atoms with van der Waals surface area (Å²) >= 11 is 0. The Morgan fingerprint density at radius 2 is 1.39 bits per heavy atom. The molecule has 0 heterocycles. The monoisotopic (exact) mass is 239 g/mol. The lowest BCUT2D eigenvalue weighted by molar-refractivity contribution is 0.590. The molecule has 0 aliphatic carbocycles. The molecule has 0 saturated heterocycles. The summed E-state index contributed by atoms with van der Waals surface area (Å²) in [5.74, 6) is 0. The molecule has 0 bridgehead atoms. The smallest absolute Gasteiger partial charge is 0.0344 e. The van der Waals surface area contributed by atoms with Gasteiger partial charge in [-0.05, 0) is 46.7 Å². The van der Waals surface area contributed by atoms with E-state index in [9.17, 15) is 0 Å². The van der Waals surface area contributed by atoms with E-state index in [1.165, 1.54) is 16.7 Å². The van der Waals surface area contributed by atoms with Gasteiger partial charge in [-0.3, -0.25) is 0 Å². The van der Waals surface area contributed by atoms with Crippen molar-refractivity contribution in [1.82, 2.24) is 0 Å². The summed E-state index contributed by atoms with van der Waals surface area (Å²) in [5.41, 5.74) is 11.9. The van der Waals surface area contributed by atoms with Gasteiger partial charge >= 0.3 is 0 Å². The number of rotatable bonds is 1. The minimum atomic E-state index is 0.204. The molecule has 0 saturated carbocycles. The van der Waals surface area contributed by atoms with Crippen LogP contribution in [0.1, 0.15) is 31.9 Å². The molecule has 0 aromatic heterocycles. The molecule has 0 fully saturated rings. The van der Waals surface area contributed by atoms with Crippen molar-refractivity contribution in [3.8, 4) is 11.1 Å². The summed E-state index contributed by atoms with van der Waals surface area (Å²) < 4.78 is 0. The third kappa shape index (κ3) is 2.56. The zero-order valence-corrected chi connectivity index (χ0v) is 11.6. The highest BCUT2D eigenvalue weighted by atomic mass is 14.5. The van der Waals surface area contributed by atoms with Crippen molar-refractivity contribution < 1.29 is 0 Å². The van der Waals surface area contributed by atoms with Crippen LogP contribution in [0.5, 0.6) is 0 Å². The fourth-order valence-electron chi connectivity index (χ4n) is 2.02. The fraction of sp³-hybridized carbons (Fsp3) is 0.294. The molecule has 0 aliphatic heterocycles. The number of hydrogen-bond donors (Lipinski definition) is 1. The van der Waals surface area contributed by atoms with Crippen molar-refractivity contribution in [2.45, 2.75) is 33.1 Å². The highest BCUT2D eigenvalue weighted by Gasteiger charge is 2.13. The van der Waals surface area contributed by atoms with Crippen molar-refractivity contribution in [3.63, 3.8) is 0 Å². The second-order valence-corrected chi connectivity index (χ2v) is 5.90. The minimum absolute atomic E-state index is 0.204. The molecule has 0 unspecified atom stereocenters. The first kappa shape index (κ1) is 12.7. The lowest BCUT2D eigenvalue weighted by Gasteiger charge is -2.19. The molecule has 1 heteroatoms. The Hall–Kier alpha value is -1.76. The average Bonchev–Trinajstić information content (AvgIpc) is 2.32. The van der Waals surface area contributed by atoms with E-state index < -0.39 is 0 Å². The van der Waals surface area contributed by atoms with E-state index in [1.807, 2.05) is 13.0 Å². The lowest BCUT2D eigenvalue weighted by Crippen LogP contribution is -2.10. The van der Waals surface area contributed by atoms with E-state index in [-0.39, 0.29) is 5.41 Å². The van der Waals surface area contributed by atoms with Gasteiger partial charge in [0.15, 0.2) is 0 Å². The van der Waals surface area contributed by atoms with Crippen molar-refractivity contribution >= 4 is 5.69 Å². The first-order valence-electron chi connectivity index (χ1n) is 6.35. The van der Waals surface area contributed by atoms with Crippen LogP contribution in [-0.2, 0) is 5.41 Å². The van der Waals surface area contributed by atoms with E-state index in [0.29, 0.717) is 0 Å². The second-order valence-electron chi connectivity index (χ2n) is 5.90. The highest BCUT2D eigenvalue weighted by molar-refractivity contribution is 5.67. The Kier molecular flexibility index (Phi) is 3.16. The van der Waals surface area contributed by atoms with Crippen LogP contribution in [0.15, 0.2) is 42.5 Å². The fourth-order valence-corrected chi connectivity index (χ4v) is 2.02. The number of benzene rings is 2. The molecular formula is C17H21N. The van der Waals surface area contributed by atoms with E-state index >= 15 is 0 Å². The topological polar surface area (TPSA) is 26.0 Å². The minimum Gasteiger partial charge on any atom is -0.399 e. The molecule has 0 aliphatic rings. The number of hydrogen-bond acceptors (Lipinski definition) is 1. The first-order chi connectivity index (χ1) is 8.38. The molecule has 0 spiro atoms. The van der Waals surface area contributed by atoms with Gasteiger partial charge in [0.1, 0.15) is 0 Å². The second kappa shape index (κ2) is 4.49. The van der Waals surface area contributed by atoms with E-state index in [2.05, 4.69) is 57.2 Å². The lowest BCUT2D eigenvalue weighted by atomic mass is 9.86. The third-order valence-electron chi connectivity index (χ3n) is 3.35. The summed E-state index contributed by atoms with van der Waals surface area (Å²) in [4.78, 5) is 0. The molecule has 18 heavy (non-hydrogen) atoms. The van der Waals surface area contributed by atoms with Crippen LogP contribution in [0.4, 0.5) is 5.69 Å². The van der Waals surface area contributed by atoms with Crippen molar-refractivity contribution in [2.75, 3.05) is 5.73 Å². The normalized spacial score (nSPS) is 11.6. The molecule has 0 radical (unpaired) electrons. The summed E-state index contributed by atoms with van der Waals surface area (Å²) in [7, 11) is 0. The zero-order chi connectivity index (χ0) is 13.3. The number of anilines is 1. The standard InChI is InChI=1S/C17H21N/c1-12-11-14(7-10-16(12)18)13-5-8-15(9-6-13)17(2,3)4/h5-11H,18H2,1-4H3. The van der Waals surface area contributed by atoms with Gasteiger partial charge in [0.25, 0.3) is 0 Å². The Morgan fingerprint density at radius 3 is 1.89 bits per heavy atom. The number of nitrogens with two attached hydrogens (primary N) is 1. The molecule has 2 N–H and O–H groups in total. The molecule has 0 amide bonds. The van der Waals surface area contributed by atoms with Crippen molar-refractivity contribution in [2.24, 2.45) is 0 Å². The zero-order valence-electron chi connectivity index (χ0n) is 11.6. The van der Waals surface area contributed by atoms with Gasteiger partial charge in [0.2, 0.25) is 0 Å². The van der Waals surface area contributed by atoms with E-state index in [1.54, 1.807) is 0 Å².